The minimum absolute atomic E-state index is 0.199. The van der Waals surface area contributed by atoms with Crippen LogP contribution in [0.1, 0.15) is 17.3 Å². The summed E-state index contributed by atoms with van der Waals surface area (Å²) in [6, 6.07) is 11.8. The van der Waals surface area contributed by atoms with Gasteiger partial charge in [-0.3, -0.25) is 4.79 Å². The van der Waals surface area contributed by atoms with Gasteiger partial charge in [-0.2, -0.15) is 0 Å². The summed E-state index contributed by atoms with van der Waals surface area (Å²) in [6.45, 7) is 2.36. The van der Waals surface area contributed by atoms with Crippen LogP contribution >= 0.6 is 11.3 Å². The van der Waals surface area contributed by atoms with Crippen LogP contribution in [-0.2, 0) is 0 Å². The zero-order valence-corrected chi connectivity index (χ0v) is 13.3. The molecule has 2 aromatic heterocycles. The fraction of sp³-hybridized carbons (Fsp3) is 0.118. The molecule has 1 aromatic carbocycles. The van der Waals surface area contributed by atoms with Gasteiger partial charge in [0.1, 0.15) is 0 Å². The van der Waals surface area contributed by atoms with E-state index in [9.17, 15) is 4.79 Å². The molecule has 3 aromatic rings. The first kappa shape index (κ1) is 15.2. The Morgan fingerprint density at radius 1 is 1.17 bits per heavy atom. The van der Waals surface area contributed by atoms with Crippen LogP contribution in [0.3, 0.4) is 0 Å². The van der Waals surface area contributed by atoms with Crippen LogP contribution in [0, 0.1) is 0 Å². The molecule has 0 radical (unpaired) electrons. The van der Waals surface area contributed by atoms with Crippen molar-refractivity contribution in [2.24, 2.45) is 0 Å². The van der Waals surface area contributed by atoms with Gasteiger partial charge in [0.15, 0.2) is 0 Å². The van der Waals surface area contributed by atoms with E-state index >= 15 is 0 Å². The van der Waals surface area contributed by atoms with Crippen molar-refractivity contribution in [2.45, 2.75) is 6.92 Å². The molecule has 0 unspecified atom stereocenters. The van der Waals surface area contributed by atoms with Gasteiger partial charge in [0.05, 0.1) is 24.7 Å². The average Bonchev–Trinajstić information content (AvgIpc) is 3.11. The molecule has 6 heteroatoms. The van der Waals surface area contributed by atoms with Crippen molar-refractivity contribution in [3.8, 4) is 16.5 Å². The molecular formula is C17H15N3O2S. The molecule has 0 bridgehead atoms. The lowest BCUT2D eigenvalue weighted by Gasteiger charge is -2.06. The number of carbonyl (C=O) groups is 1. The van der Waals surface area contributed by atoms with E-state index < -0.39 is 0 Å². The minimum atomic E-state index is -0.199. The summed E-state index contributed by atoms with van der Waals surface area (Å²) in [7, 11) is 0. The molecule has 0 fully saturated rings. The number of amides is 1. The highest BCUT2D eigenvalue weighted by molar-refractivity contribution is 7.13. The molecule has 116 valence electrons. The average molecular weight is 325 g/mol. The van der Waals surface area contributed by atoms with E-state index in [0.29, 0.717) is 23.9 Å². The van der Waals surface area contributed by atoms with Crippen LogP contribution in [0.5, 0.6) is 6.01 Å². The molecule has 1 N–H and O–H groups in total. The van der Waals surface area contributed by atoms with Crippen molar-refractivity contribution < 1.29 is 9.53 Å². The van der Waals surface area contributed by atoms with Crippen molar-refractivity contribution >= 4 is 22.9 Å². The Morgan fingerprint density at radius 3 is 2.52 bits per heavy atom. The number of benzene rings is 1. The molecule has 5 nitrogen and oxygen atoms in total. The molecule has 1 amide bonds. The highest BCUT2D eigenvalue weighted by atomic mass is 32.1. The Kier molecular flexibility index (Phi) is 4.63. The van der Waals surface area contributed by atoms with Crippen LogP contribution in [0.15, 0.2) is 54.2 Å². The van der Waals surface area contributed by atoms with Crippen molar-refractivity contribution in [2.75, 3.05) is 11.9 Å². The van der Waals surface area contributed by atoms with Gasteiger partial charge in [0.2, 0.25) is 0 Å². The lowest BCUT2D eigenvalue weighted by molar-refractivity contribution is 0.102. The van der Waals surface area contributed by atoms with Gasteiger partial charge in [-0.15, -0.1) is 11.3 Å². The lowest BCUT2D eigenvalue weighted by atomic mass is 10.1. The fourth-order valence-electron chi connectivity index (χ4n) is 2.02. The molecule has 0 aliphatic rings. The van der Waals surface area contributed by atoms with E-state index in [1.54, 1.807) is 23.5 Å². The predicted octanol–water partition coefficient (Wildman–Crippen LogP) is 3.86. The Balaban J connectivity index is 1.68. The summed E-state index contributed by atoms with van der Waals surface area (Å²) in [6.07, 6.45) is 3.05. The number of hydrogen-bond donors (Lipinski definition) is 1. The Bertz CT molecular complexity index is 769. The van der Waals surface area contributed by atoms with Gasteiger partial charge >= 0.3 is 6.01 Å². The molecular weight excluding hydrogens is 310 g/mol. The van der Waals surface area contributed by atoms with Gasteiger partial charge < -0.3 is 10.1 Å². The topological polar surface area (TPSA) is 64.1 Å². The minimum Gasteiger partial charge on any atom is -0.464 e. The van der Waals surface area contributed by atoms with Gasteiger partial charge in [-0.1, -0.05) is 18.2 Å². The smallest absolute Gasteiger partial charge is 0.316 e. The molecule has 23 heavy (non-hydrogen) atoms. The Morgan fingerprint density at radius 2 is 1.91 bits per heavy atom. The largest absolute Gasteiger partial charge is 0.464 e. The van der Waals surface area contributed by atoms with E-state index in [-0.39, 0.29) is 5.91 Å². The van der Waals surface area contributed by atoms with Gasteiger partial charge in [0, 0.05) is 10.4 Å². The lowest BCUT2D eigenvalue weighted by Crippen LogP contribution is -2.12. The van der Waals surface area contributed by atoms with Crippen molar-refractivity contribution in [1.29, 1.82) is 0 Å². The van der Waals surface area contributed by atoms with Gasteiger partial charge in [-0.25, -0.2) is 9.97 Å². The number of thiophene rings is 1. The van der Waals surface area contributed by atoms with Crippen LogP contribution in [0.2, 0.25) is 0 Å². The zero-order valence-electron chi connectivity index (χ0n) is 12.5. The number of nitrogens with one attached hydrogen (secondary N) is 1. The monoisotopic (exact) mass is 325 g/mol. The highest BCUT2D eigenvalue weighted by Crippen LogP contribution is 2.24. The van der Waals surface area contributed by atoms with Gasteiger partial charge in [-0.05, 0) is 36.1 Å². The maximum absolute atomic E-state index is 12.2. The third-order valence-electron chi connectivity index (χ3n) is 3.11. The first-order chi connectivity index (χ1) is 11.3. The second-order valence-electron chi connectivity index (χ2n) is 4.70. The number of anilines is 1. The number of hydrogen-bond acceptors (Lipinski definition) is 5. The van der Waals surface area contributed by atoms with Crippen LogP contribution < -0.4 is 10.1 Å². The summed E-state index contributed by atoms with van der Waals surface area (Å²) in [5.41, 5.74) is 2.21. The fourth-order valence-corrected chi connectivity index (χ4v) is 2.75. The number of ether oxygens (including phenoxy) is 1. The number of aromatic nitrogens is 2. The third-order valence-corrected chi connectivity index (χ3v) is 4.03. The normalized spacial score (nSPS) is 10.3. The van der Waals surface area contributed by atoms with Gasteiger partial charge in [0.25, 0.3) is 5.91 Å². The van der Waals surface area contributed by atoms with Crippen molar-refractivity contribution in [1.82, 2.24) is 9.97 Å². The second-order valence-corrected chi connectivity index (χ2v) is 5.64. The van der Waals surface area contributed by atoms with E-state index in [1.165, 1.54) is 17.3 Å². The molecule has 0 saturated carbocycles. The van der Waals surface area contributed by atoms with E-state index in [2.05, 4.69) is 21.4 Å². The summed E-state index contributed by atoms with van der Waals surface area (Å²) >= 11 is 1.67. The molecule has 0 saturated heterocycles. The highest BCUT2D eigenvalue weighted by Gasteiger charge is 2.08. The standard InChI is InChI=1S/C17H15N3O2S/c1-2-22-17-18-10-14(11-19-17)20-16(21)13-7-5-12(6-8-13)15-4-3-9-23-15/h3-11H,2H2,1H3,(H,20,21). The zero-order chi connectivity index (χ0) is 16.1. The van der Waals surface area contributed by atoms with Crippen LogP contribution in [-0.4, -0.2) is 22.5 Å². The number of nitrogens with zero attached hydrogens (tertiary/aromatic N) is 2. The first-order valence-electron chi connectivity index (χ1n) is 7.16. The molecule has 2 heterocycles. The van der Waals surface area contributed by atoms with Crippen molar-refractivity contribution in [3.05, 3.63) is 59.7 Å². The molecule has 0 aliphatic carbocycles. The maximum atomic E-state index is 12.2. The number of rotatable bonds is 5. The Hall–Kier alpha value is -2.73. The molecule has 3 rings (SSSR count). The predicted molar refractivity (Wildman–Crippen MR) is 90.9 cm³/mol. The summed E-state index contributed by atoms with van der Waals surface area (Å²) in [5.74, 6) is -0.199. The van der Waals surface area contributed by atoms with E-state index in [1.807, 2.05) is 30.5 Å². The summed E-state index contributed by atoms with van der Waals surface area (Å²) in [5, 5.41) is 4.79. The Labute approximate surface area is 138 Å². The van der Waals surface area contributed by atoms with E-state index in [4.69, 9.17) is 4.74 Å². The number of carbonyl (C=O) groups excluding carboxylic acids is 1. The maximum Gasteiger partial charge on any atom is 0.316 e. The SMILES string of the molecule is CCOc1ncc(NC(=O)c2ccc(-c3cccs3)cc2)cn1. The first-order valence-corrected chi connectivity index (χ1v) is 8.04. The van der Waals surface area contributed by atoms with Crippen LogP contribution in [0.4, 0.5) is 5.69 Å². The summed E-state index contributed by atoms with van der Waals surface area (Å²) < 4.78 is 5.17. The van der Waals surface area contributed by atoms with Crippen molar-refractivity contribution in [3.63, 3.8) is 0 Å². The summed E-state index contributed by atoms with van der Waals surface area (Å²) in [4.78, 5) is 21.4. The van der Waals surface area contributed by atoms with Crippen LogP contribution in [0.25, 0.3) is 10.4 Å². The quantitative estimate of drug-likeness (QED) is 0.774. The van der Waals surface area contributed by atoms with E-state index in [0.717, 1.165) is 5.56 Å². The molecule has 0 atom stereocenters. The molecule has 0 aliphatic heterocycles. The molecule has 0 spiro atoms. The third kappa shape index (κ3) is 3.73. The second kappa shape index (κ2) is 7.02.